The van der Waals surface area contributed by atoms with Gasteiger partial charge in [0, 0.05) is 12.5 Å². The molecule has 6 heteroatoms. The summed E-state index contributed by atoms with van der Waals surface area (Å²) in [6, 6.07) is 1.56. The first kappa shape index (κ1) is 25.3. The Morgan fingerprint density at radius 3 is 2.51 bits per heavy atom. The molecule has 0 aliphatic heterocycles. The monoisotopic (exact) mass is 487 g/mol. The zero-order valence-electron chi connectivity index (χ0n) is 21.9. The molecule has 4 saturated carbocycles. The predicted molar refractivity (Wildman–Crippen MR) is 133 cm³/mol. The smallest absolute Gasteiger partial charge is 0.358 e. The quantitative estimate of drug-likeness (QED) is 0.485. The van der Waals surface area contributed by atoms with Crippen molar-refractivity contribution in [3.05, 3.63) is 17.5 Å². The fourth-order valence-electron chi connectivity index (χ4n) is 10.0. The minimum atomic E-state index is -1.05. The van der Waals surface area contributed by atoms with Gasteiger partial charge >= 0.3 is 5.97 Å². The van der Waals surface area contributed by atoms with Gasteiger partial charge in [-0.3, -0.25) is 0 Å². The molecule has 196 valence electrons. The molecule has 4 aliphatic rings. The number of aryl methyl sites for hydroxylation is 1. The summed E-state index contributed by atoms with van der Waals surface area (Å²) in [5.41, 5.74) is 0.464. The van der Waals surface area contributed by atoms with E-state index >= 15 is 0 Å². The molecule has 0 aromatic carbocycles. The number of aliphatic hydroxyl groups excluding tert-OH is 2. The lowest BCUT2D eigenvalue weighted by molar-refractivity contribution is -0.203. The molecule has 5 rings (SSSR count). The summed E-state index contributed by atoms with van der Waals surface area (Å²) in [5.74, 6) is 2.97. The van der Waals surface area contributed by atoms with E-state index in [0.29, 0.717) is 53.6 Å². The third-order valence-corrected chi connectivity index (χ3v) is 11.8. The van der Waals surface area contributed by atoms with Crippen molar-refractivity contribution in [2.45, 2.75) is 104 Å². The van der Waals surface area contributed by atoms with Gasteiger partial charge in [0.1, 0.15) is 5.76 Å². The summed E-state index contributed by atoms with van der Waals surface area (Å²) in [7, 11) is 0. The van der Waals surface area contributed by atoms with Crippen molar-refractivity contribution in [3.63, 3.8) is 0 Å². The first-order valence-corrected chi connectivity index (χ1v) is 14.1. The molecule has 1 aromatic rings. The summed E-state index contributed by atoms with van der Waals surface area (Å²) in [5, 5.41) is 35.1. The van der Waals surface area contributed by atoms with Crippen molar-refractivity contribution < 1.29 is 24.6 Å². The van der Waals surface area contributed by atoms with Gasteiger partial charge in [-0.05, 0) is 104 Å². The number of carbonyl (C=O) groups is 1. The molecule has 3 N–H and O–H groups in total. The average molecular weight is 488 g/mol. The lowest BCUT2D eigenvalue weighted by atomic mass is 9.41. The Labute approximate surface area is 209 Å². The second kappa shape index (κ2) is 9.16. The number of fused-ring (bicyclic) bond motifs is 5. The molecule has 0 bridgehead atoms. The van der Waals surface area contributed by atoms with Crippen LogP contribution in [0.2, 0.25) is 0 Å². The Hall–Kier alpha value is -1.40. The Morgan fingerprint density at radius 1 is 1.11 bits per heavy atom. The van der Waals surface area contributed by atoms with Gasteiger partial charge in [-0.2, -0.15) is 0 Å². The molecule has 4 aliphatic carbocycles. The van der Waals surface area contributed by atoms with E-state index in [1.54, 1.807) is 6.07 Å². The summed E-state index contributed by atoms with van der Waals surface area (Å²) < 4.78 is 5.27. The van der Waals surface area contributed by atoms with Gasteiger partial charge in [0.2, 0.25) is 0 Å². The summed E-state index contributed by atoms with van der Waals surface area (Å²) in [6.45, 7) is 9.59. The van der Waals surface area contributed by atoms with Gasteiger partial charge in [-0.1, -0.05) is 39.3 Å². The first-order chi connectivity index (χ1) is 16.6. The fourth-order valence-corrected chi connectivity index (χ4v) is 10.0. The van der Waals surface area contributed by atoms with Crippen LogP contribution in [0.1, 0.15) is 102 Å². The van der Waals surface area contributed by atoms with Crippen LogP contribution in [0.3, 0.4) is 0 Å². The van der Waals surface area contributed by atoms with E-state index in [0.717, 1.165) is 32.1 Å². The Balaban J connectivity index is 1.34. The average Bonchev–Trinajstić information content (AvgIpc) is 3.43. The van der Waals surface area contributed by atoms with E-state index in [1.165, 1.54) is 25.7 Å². The van der Waals surface area contributed by atoms with E-state index in [-0.39, 0.29) is 28.7 Å². The summed E-state index contributed by atoms with van der Waals surface area (Å²) in [4.78, 5) is 11.1. The number of aromatic nitrogens is 1. The van der Waals surface area contributed by atoms with Crippen molar-refractivity contribution in [3.8, 4) is 0 Å². The zero-order valence-corrected chi connectivity index (χ0v) is 21.9. The largest absolute Gasteiger partial charge is 0.476 e. The highest BCUT2D eigenvalue weighted by molar-refractivity contribution is 5.85. The van der Waals surface area contributed by atoms with Gasteiger partial charge in [-0.15, -0.1) is 0 Å². The van der Waals surface area contributed by atoms with Crippen LogP contribution < -0.4 is 0 Å². The molecule has 0 spiro atoms. The van der Waals surface area contributed by atoms with Gasteiger partial charge in [0.25, 0.3) is 0 Å². The van der Waals surface area contributed by atoms with Crippen LogP contribution in [0.5, 0.6) is 0 Å². The second-order valence-corrected chi connectivity index (χ2v) is 13.1. The minimum absolute atomic E-state index is 0.0161. The van der Waals surface area contributed by atoms with Crippen LogP contribution in [0.25, 0.3) is 0 Å². The standard InChI is InChI=1S/C29H45NO5/c1-5-19-23-14-17(31)10-12-29(23,4)22-11-13-28(3)20(8-9-21(28)25(22)26(19)32)16(2)6-7-18-15-24(27(33)34)30-35-18/h15-17,19-23,25-26,31-32H,5-14H2,1-4H3,(H,33,34)/t16-,17-,19-,20-,21+,22+,23+,25+,26-,28-,29-/m1/s1. The fraction of sp³-hybridized carbons (Fsp3) is 0.862. The Bertz CT molecular complexity index is 930. The number of aromatic carboxylic acids is 1. The van der Waals surface area contributed by atoms with Gasteiger partial charge in [0.15, 0.2) is 5.69 Å². The van der Waals surface area contributed by atoms with Crippen LogP contribution in [0, 0.1) is 52.3 Å². The molecule has 0 radical (unpaired) electrons. The third kappa shape index (κ3) is 3.98. The van der Waals surface area contributed by atoms with Crippen molar-refractivity contribution in [1.29, 1.82) is 0 Å². The predicted octanol–water partition coefficient (Wildman–Crippen LogP) is 5.57. The molecule has 1 aromatic heterocycles. The van der Waals surface area contributed by atoms with Crippen LogP contribution in [0.15, 0.2) is 10.6 Å². The van der Waals surface area contributed by atoms with Crippen LogP contribution in [0.4, 0.5) is 0 Å². The van der Waals surface area contributed by atoms with Crippen LogP contribution >= 0.6 is 0 Å². The van der Waals surface area contributed by atoms with Crippen molar-refractivity contribution in [1.82, 2.24) is 5.16 Å². The van der Waals surface area contributed by atoms with Crippen LogP contribution in [-0.2, 0) is 6.42 Å². The topological polar surface area (TPSA) is 104 Å². The highest BCUT2D eigenvalue weighted by Gasteiger charge is 2.64. The minimum Gasteiger partial charge on any atom is -0.476 e. The third-order valence-electron chi connectivity index (χ3n) is 11.8. The van der Waals surface area contributed by atoms with E-state index in [2.05, 4.69) is 32.9 Å². The number of aliphatic hydroxyl groups is 2. The summed E-state index contributed by atoms with van der Waals surface area (Å²) >= 11 is 0. The molecule has 0 amide bonds. The highest BCUT2D eigenvalue weighted by atomic mass is 16.5. The number of hydrogen-bond acceptors (Lipinski definition) is 5. The molecule has 0 unspecified atom stereocenters. The number of carboxylic acid groups (broad SMARTS) is 1. The van der Waals surface area contributed by atoms with E-state index in [1.807, 2.05) is 0 Å². The molecule has 35 heavy (non-hydrogen) atoms. The molecular weight excluding hydrogens is 442 g/mol. The van der Waals surface area contributed by atoms with Crippen molar-refractivity contribution in [2.75, 3.05) is 0 Å². The van der Waals surface area contributed by atoms with Gasteiger partial charge in [-0.25, -0.2) is 4.79 Å². The molecule has 1 heterocycles. The van der Waals surface area contributed by atoms with Gasteiger partial charge < -0.3 is 19.8 Å². The van der Waals surface area contributed by atoms with Crippen molar-refractivity contribution >= 4 is 5.97 Å². The van der Waals surface area contributed by atoms with E-state index in [4.69, 9.17) is 9.63 Å². The lowest BCUT2D eigenvalue weighted by Crippen LogP contribution is -2.62. The molecular formula is C29H45NO5. The molecule has 6 nitrogen and oxygen atoms in total. The normalized spacial score (nSPS) is 45.9. The van der Waals surface area contributed by atoms with E-state index < -0.39 is 5.97 Å². The Morgan fingerprint density at radius 2 is 1.83 bits per heavy atom. The SMILES string of the molecule is CC[C@H]1[C@@H](O)[C@@H]2[C@H](CC[C@]3(C)[C@@H]([C@H](C)CCc4cc(C(=O)O)no4)CC[C@@H]23)[C@@]2(C)CC[C@@H](O)C[C@@H]12. The highest BCUT2D eigenvalue weighted by Crippen LogP contribution is 2.69. The first-order valence-electron chi connectivity index (χ1n) is 14.1. The van der Waals surface area contributed by atoms with Crippen LogP contribution in [-0.4, -0.2) is 38.7 Å². The van der Waals surface area contributed by atoms with Crippen molar-refractivity contribution in [2.24, 2.45) is 52.3 Å². The molecule has 11 atom stereocenters. The second-order valence-electron chi connectivity index (χ2n) is 13.1. The zero-order chi connectivity index (χ0) is 25.1. The molecule has 0 saturated heterocycles. The Kier molecular flexibility index (Phi) is 6.61. The maximum Gasteiger partial charge on any atom is 0.358 e. The lowest BCUT2D eigenvalue weighted by Gasteiger charge is -2.64. The maximum absolute atomic E-state index is 11.8. The summed E-state index contributed by atoms with van der Waals surface area (Å²) in [6.07, 6.45) is 9.94. The number of nitrogens with zero attached hydrogens (tertiary/aromatic N) is 1. The number of rotatable bonds is 6. The van der Waals surface area contributed by atoms with Gasteiger partial charge in [0.05, 0.1) is 12.2 Å². The molecule has 4 fully saturated rings. The number of carboxylic acids is 1. The maximum atomic E-state index is 11.8. The number of hydrogen-bond donors (Lipinski definition) is 3. The van der Waals surface area contributed by atoms with E-state index in [9.17, 15) is 15.0 Å².